The Morgan fingerprint density at radius 3 is 1.47 bits per heavy atom. The third-order valence-corrected chi connectivity index (χ3v) is 13.1. The van der Waals surface area contributed by atoms with Crippen molar-refractivity contribution < 1.29 is 19.1 Å². The lowest BCUT2D eigenvalue weighted by molar-refractivity contribution is -0.165. The Hall–Kier alpha value is -1.15. The maximum atomic E-state index is 13.8. The van der Waals surface area contributed by atoms with E-state index in [4.69, 9.17) is 9.47 Å². The molecule has 2 heterocycles. The van der Waals surface area contributed by atoms with Crippen LogP contribution in [0.2, 0.25) is 39.3 Å². The van der Waals surface area contributed by atoms with Gasteiger partial charge in [-0.25, -0.2) is 0 Å². The Labute approximate surface area is 193 Å². The highest BCUT2D eigenvalue weighted by molar-refractivity contribution is 6.81. The number of hydrogen-bond donors (Lipinski definition) is 0. The lowest BCUT2D eigenvalue weighted by Gasteiger charge is -2.48. The van der Waals surface area contributed by atoms with Crippen LogP contribution in [0.3, 0.4) is 0 Å². The third kappa shape index (κ3) is 1.79. The molecule has 2 spiro atoms. The highest BCUT2D eigenvalue weighted by atomic mass is 28.3. The van der Waals surface area contributed by atoms with Crippen molar-refractivity contribution in [3.63, 3.8) is 0 Å². The van der Waals surface area contributed by atoms with Gasteiger partial charge in [0.1, 0.15) is 11.2 Å². The monoisotopic (exact) mass is 468 g/mol. The Bertz CT molecular complexity index is 953. The molecule has 2 saturated heterocycles. The van der Waals surface area contributed by atoms with Crippen molar-refractivity contribution in [2.75, 3.05) is 0 Å². The molecule has 8 fully saturated rings. The van der Waals surface area contributed by atoms with Gasteiger partial charge >= 0.3 is 11.9 Å². The Balaban J connectivity index is 1.28. The molecule has 8 aliphatic rings. The van der Waals surface area contributed by atoms with Gasteiger partial charge in [0.2, 0.25) is 0 Å². The summed E-state index contributed by atoms with van der Waals surface area (Å²) in [6.07, 6.45) is 8.03. The molecular formula is C26H36O4Si2. The fourth-order valence-electron chi connectivity index (χ4n) is 10.7. The molecular weight excluding hydrogens is 432 g/mol. The van der Waals surface area contributed by atoms with Crippen LogP contribution < -0.4 is 0 Å². The molecule has 6 aliphatic carbocycles. The average molecular weight is 469 g/mol. The Morgan fingerprint density at radius 1 is 0.750 bits per heavy atom. The Morgan fingerprint density at radius 2 is 1.12 bits per heavy atom. The zero-order valence-electron chi connectivity index (χ0n) is 20.2. The van der Waals surface area contributed by atoms with Crippen LogP contribution in [0.1, 0.15) is 25.7 Å². The summed E-state index contributed by atoms with van der Waals surface area (Å²) in [5, 5.41) is 0. The molecule has 0 amide bonds. The molecule has 0 unspecified atom stereocenters. The first-order valence-electron chi connectivity index (χ1n) is 12.7. The standard InChI is InChI=1S/C26H36O4Si2/c1-31(2,3)11-7-9-23-13-15-17-18-16-14-24(10-8-12-32(4,5)6)20(18)26(15,22(28)30-24)25(16,19(17)23)21(27)29-23/h7-8,11-12,15-20H,9-10,13-14H2,1-6H3/b11-7+,12-8+/t15-,16+,17-,18+,19+,20-,23-,24-,25+,26+/m0/s1. The number of hydrogen-bond acceptors (Lipinski definition) is 4. The highest BCUT2D eigenvalue weighted by Crippen LogP contribution is 2.99. The van der Waals surface area contributed by atoms with Crippen LogP contribution in [0.4, 0.5) is 0 Å². The first-order valence-corrected chi connectivity index (χ1v) is 19.8. The summed E-state index contributed by atoms with van der Waals surface area (Å²) in [4.78, 5) is 27.6. The zero-order valence-corrected chi connectivity index (χ0v) is 22.2. The molecule has 0 aromatic carbocycles. The van der Waals surface area contributed by atoms with E-state index >= 15 is 0 Å². The minimum atomic E-state index is -1.30. The van der Waals surface area contributed by atoms with Gasteiger partial charge in [-0.15, -0.1) is 0 Å². The summed E-state index contributed by atoms with van der Waals surface area (Å²) in [6.45, 7) is 14.0. The summed E-state index contributed by atoms with van der Waals surface area (Å²) >= 11 is 0. The summed E-state index contributed by atoms with van der Waals surface area (Å²) in [6, 6.07) is 0. The minimum Gasteiger partial charge on any atom is -0.458 e. The second kappa shape index (κ2) is 5.24. The van der Waals surface area contributed by atoms with Crippen LogP contribution in [0, 0.1) is 46.3 Å². The van der Waals surface area contributed by atoms with Crippen LogP contribution in [0.25, 0.3) is 0 Å². The average Bonchev–Trinajstić information content (AvgIpc) is 3.42. The number of ether oxygens (including phenoxy) is 2. The lowest BCUT2D eigenvalue weighted by atomic mass is 9.47. The summed E-state index contributed by atoms with van der Waals surface area (Å²) < 4.78 is 12.8. The van der Waals surface area contributed by atoms with Crippen molar-refractivity contribution in [3.8, 4) is 0 Å². The van der Waals surface area contributed by atoms with Crippen molar-refractivity contribution in [2.45, 2.75) is 76.2 Å². The minimum absolute atomic E-state index is 0.0333. The SMILES string of the molecule is C[Si](C)(C)/C=C/C[C@@]12C[C@H]3[C@H]4[C@H]5[C@H]6C[C@]7(C/C=C/[Si](C)(C)C)OC(=O)[C@@]3([C@@H]57)[C@@]6(C(=O)O1)[C@H]42. The summed E-state index contributed by atoms with van der Waals surface area (Å²) in [7, 11) is -2.60. The molecule has 32 heavy (non-hydrogen) atoms. The maximum Gasteiger partial charge on any atom is 0.314 e. The van der Waals surface area contributed by atoms with Gasteiger partial charge in [-0.3, -0.25) is 9.59 Å². The molecule has 0 N–H and O–H groups in total. The van der Waals surface area contributed by atoms with E-state index in [-0.39, 0.29) is 35.0 Å². The number of carbonyl (C=O) groups is 2. The molecule has 0 aromatic rings. The molecule has 6 saturated carbocycles. The molecule has 8 bridgehead atoms. The van der Waals surface area contributed by atoms with Crippen molar-refractivity contribution in [1.29, 1.82) is 0 Å². The maximum absolute atomic E-state index is 13.8. The molecule has 172 valence electrons. The van der Waals surface area contributed by atoms with Crippen LogP contribution in [0.15, 0.2) is 23.6 Å². The largest absolute Gasteiger partial charge is 0.458 e. The quantitative estimate of drug-likeness (QED) is 0.417. The van der Waals surface area contributed by atoms with Gasteiger partial charge in [0.25, 0.3) is 0 Å². The fourth-order valence-corrected chi connectivity index (χ4v) is 12.4. The Kier molecular flexibility index (Phi) is 3.32. The predicted octanol–water partition coefficient (Wildman–Crippen LogP) is 4.74. The van der Waals surface area contributed by atoms with Crippen LogP contribution in [-0.4, -0.2) is 39.3 Å². The fraction of sp³-hybridized carbons (Fsp3) is 0.769. The van der Waals surface area contributed by atoms with E-state index < -0.39 is 27.0 Å². The van der Waals surface area contributed by atoms with Crippen molar-refractivity contribution >= 4 is 28.1 Å². The molecule has 0 radical (unpaired) electrons. The van der Waals surface area contributed by atoms with Gasteiger partial charge in [-0.2, -0.15) is 0 Å². The number of esters is 2. The van der Waals surface area contributed by atoms with E-state index in [2.05, 4.69) is 62.8 Å². The third-order valence-electron chi connectivity index (χ3n) is 10.7. The topological polar surface area (TPSA) is 52.6 Å². The molecule has 4 nitrogen and oxygen atoms in total. The van der Waals surface area contributed by atoms with Gasteiger partial charge < -0.3 is 9.47 Å². The van der Waals surface area contributed by atoms with Gasteiger partial charge in [0, 0.05) is 24.7 Å². The molecule has 8 rings (SSSR count). The van der Waals surface area contributed by atoms with Gasteiger partial charge in [-0.05, 0) is 36.5 Å². The lowest BCUT2D eigenvalue weighted by Crippen LogP contribution is -2.58. The number of carbonyl (C=O) groups excluding carboxylic acids is 2. The van der Waals surface area contributed by atoms with Gasteiger partial charge in [0.15, 0.2) is 0 Å². The van der Waals surface area contributed by atoms with Gasteiger partial charge in [0.05, 0.1) is 27.0 Å². The second-order valence-corrected chi connectivity index (χ2v) is 24.5. The smallest absolute Gasteiger partial charge is 0.314 e. The van der Waals surface area contributed by atoms with Crippen molar-refractivity contribution in [1.82, 2.24) is 0 Å². The molecule has 10 atom stereocenters. The second-order valence-electron chi connectivity index (χ2n) is 14.3. The predicted molar refractivity (Wildman–Crippen MR) is 127 cm³/mol. The van der Waals surface area contributed by atoms with Crippen LogP contribution >= 0.6 is 0 Å². The summed E-state index contributed by atoms with van der Waals surface area (Å²) in [5.41, 5.74) is 2.93. The number of rotatable bonds is 6. The first-order chi connectivity index (χ1) is 14.8. The normalized spacial score (nSPS) is 55.4. The van der Waals surface area contributed by atoms with Crippen LogP contribution in [0.5, 0.6) is 0 Å². The molecule has 6 heteroatoms. The zero-order chi connectivity index (χ0) is 22.7. The first kappa shape index (κ1) is 20.2. The van der Waals surface area contributed by atoms with Gasteiger partial charge in [-0.1, -0.05) is 62.8 Å². The highest BCUT2D eigenvalue weighted by Gasteiger charge is 3.06. The van der Waals surface area contributed by atoms with E-state index in [1.807, 2.05) is 0 Å². The van der Waals surface area contributed by atoms with E-state index in [0.717, 1.165) is 25.7 Å². The van der Waals surface area contributed by atoms with Crippen molar-refractivity contribution in [2.24, 2.45) is 46.3 Å². The van der Waals surface area contributed by atoms with E-state index in [1.54, 1.807) is 0 Å². The molecule has 0 aromatic heterocycles. The summed E-state index contributed by atoms with van der Waals surface area (Å²) in [5.74, 6) is 1.99. The van der Waals surface area contributed by atoms with Crippen LogP contribution in [-0.2, 0) is 19.1 Å². The van der Waals surface area contributed by atoms with E-state index in [9.17, 15) is 9.59 Å². The van der Waals surface area contributed by atoms with E-state index in [0.29, 0.717) is 23.7 Å². The molecule has 2 aliphatic heterocycles. The van der Waals surface area contributed by atoms with E-state index in [1.165, 1.54) is 0 Å². The van der Waals surface area contributed by atoms with Crippen molar-refractivity contribution in [3.05, 3.63) is 23.6 Å².